The van der Waals surface area contributed by atoms with Gasteiger partial charge < -0.3 is 10.1 Å². The van der Waals surface area contributed by atoms with Crippen molar-refractivity contribution in [3.8, 4) is 0 Å². The average Bonchev–Trinajstić information content (AvgIpc) is 2.43. The minimum Gasteiger partial charge on any atom is -0.384 e. The van der Waals surface area contributed by atoms with Gasteiger partial charge in [-0.15, -0.1) is 0 Å². The number of pyridine rings is 1. The van der Waals surface area contributed by atoms with Gasteiger partial charge in [-0.25, -0.2) is 4.98 Å². The van der Waals surface area contributed by atoms with Crippen molar-refractivity contribution in [1.82, 2.24) is 4.98 Å². The van der Waals surface area contributed by atoms with Crippen molar-refractivity contribution in [3.05, 3.63) is 35.4 Å². The lowest BCUT2D eigenvalue weighted by molar-refractivity contribution is 0.202. The Balaban J connectivity index is 2.54. The number of hydrogen-bond donors (Lipinski definition) is 1. The molecule has 0 aliphatic heterocycles. The number of aryl methyl sites for hydroxylation is 1. The number of fused-ring (bicyclic) bond motifs is 1. The summed E-state index contributed by atoms with van der Waals surface area (Å²) in [5.74, 6) is 0.981. The van der Waals surface area contributed by atoms with Gasteiger partial charge in [-0.05, 0) is 30.0 Å². The first-order chi connectivity index (χ1) is 8.80. The zero-order chi connectivity index (χ0) is 13.0. The number of methoxy groups -OCH3 is 1. The maximum absolute atomic E-state index is 5.15. The summed E-state index contributed by atoms with van der Waals surface area (Å²) in [4.78, 5) is 4.75. The monoisotopic (exact) mass is 244 g/mol. The number of anilines is 1. The highest BCUT2D eigenvalue weighted by molar-refractivity contribution is 5.84. The summed E-state index contributed by atoms with van der Waals surface area (Å²) in [6, 6.07) is 8.56. The molecule has 3 heteroatoms. The van der Waals surface area contributed by atoms with E-state index >= 15 is 0 Å². The van der Waals surface area contributed by atoms with Crippen LogP contribution >= 0.6 is 0 Å². The van der Waals surface area contributed by atoms with Crippen LogP contribution in [0.4, 0.5) is 5.82 Å². The van der Waals surface area contributed by atoms with Crippen molar-refractivity contribution in [3.63, 3.8) is 0 Å². The molecular formula is C15H20N2O. The number of hydrogen-bond acceptors (Lipinski definition) is 3. The molecule has 2 aromatic rings. The van der Waals surface area contributed by atoms with Gasteiger partial charge in [-0.3, -0.25) is 0 Å². The maximum Gasteiger partial charge on any atom is 0.129 e. The highest BCUT2D eigenvalue weighted by atomic mass is 16.5. The van der Waals surface area contributed by atoms with Crippen molar-refractivity contribution in [2.24, 2.45) is 0 Å². The summed E-state index contributed by atoms with van der Waals surface area (Å²) >= 11 is 0. The SMILES string of the molecule is CCc1cc2cccc(CCOC)c2nc1NC. The number of aromatic nitrogens is 1. The van der Waals surface area contributed by atoms with Crippen LogP contribution in [-0.2, 0) is 17.6 Å². The van der Waals surface area contributed by atoms with E-state index in [1.54, 1.807) is 7.11 Å². The minimum atomic E-state index is 0.727. The van der Waals surface area contributed by atoms with E-state index in [0.717, 1.165) is 30.8 Å². The lowest BCUT2D eigenvalue weighted by Gasteiger charge is -2.11. The lowest BCUT2D eigenvalue weighted by atomic mass is 10.0. The first kappa shape index (κ1) is 12.8. The van der Waals surface area contributed by atoms with Gasteiger partial charge in [0, 0.05) is 19.5 Å². The Kier molecular flexibility index (Phi) is 4.15. The van der Waals surface area contributed by atoms with E-state index in [1.807, 2.05) is 7.05 Å². The van der Waals surface area contributed by atoms with E-state index < -0.39 is 0 Å². The number of ether oxygens (including phenoxy) is 1. The van der Waals surface area contributed by atoms with E-state index in [9.17, 15) is 0 Å². The fourth-order valence-corrected chi connectivity index (χ4v) is 2.20. The molecule has 1 heterocycles. The van der Waals surface area contributed by atoms with Crippen LogP contribution in [0.15, 0.2) is 24.3 Å². The molecule has 0 atom stereocenters. The number of nitrogens with zero attached hydrogens (tertiary/aromatic N) is 1. The Morgan fingerprint density at radius 3 is 2.78 bits per heavy atom. The summed E-state index contributed by atoms with van der Waals surface area (Å²) < 4.78 is 5.15. The van der Waals surface area contributed by atoms with E-state index in [2.05, 4.69) is 36.5 Å². The second-order valence-corrected chi connectivity index (χ2v) is 4.33. The zero-order valence-corrected chi connectivity index (χ0v) is 11.3. The highest BCUT2D eigenvalue weighted by Gasteiger charge is 2.07. The Labute approximate surface area is 108 Å². The Bertz CT molecular complexity index is 537. The summed E-state index contributed by atoms with van der Waals surface area (Å²) in [6.45, 7) is 2.88. The molecule has 3 nitrogen and oxygen atoms in total. The van der Waals surface area contributed by atoms with Crippen LogP contribution in [0.1, 0.15) is 18.1 Å². The normalized spacial score (nSPS) is 10.8. The minimum absolute atomic E-state index is 0.727. The van der Waals surface area contributed by atoms with E-state index in [0.29, 0.717) is 0 Å². The molecule has 0 saturated carbocycles. The Morgan fingerprint density at radius 1 is 1.28 bits per heavy atom. The fourth-order valence-electron chi connectivity index (χ4n) is 2.20. The van der Waals surface area contributed by atoms with Crippen LogP contribution in [0.25, 0.3) is 10.9 Å². The van der Waals surface area contributed by atoms with Crippen LogP contribution in [-0.4, -0.2) is 25.7 Å². The van der Waals surface area contributed by atoms with Gasteiger partial charge in [0.2, 0.25) is 0 Å². The zero-order valence-electron chi connectivity index (χ0n) is 11.3. The van der Waals surface area contributed by atoms with Crippen LogP contribution in [0.3, 0.4) is 0 Å². The van der Waals surface area contributed by atoms with E-state index in [4.69, 9.17) is 9.72 Å². The first-order valence-electron chi connectivity index (χ1n) is 6.38. The second kappa shape index (κ2) is 5.83. The van der Waals surface area contributed by atoms with Gasteiger partial charge in [0.15, 0.2) is 0 Å². The molecule has 0 aliphatic carbocycles. The predicted octanol–water partition coefficient (Wildman–Crippen LogP) is 3.03. The molecule has 0 spiro atoms. The number of nitrogens with one attached hydrogen (secondary N) is 1. The van der Waals surface area contributed by atoms with Gasteiger partial charge in [0.05, 0.1) is 12.1 Å². The molecule has 2 rings (SSSR count). The van der Waals surface area contributed by atoms with Crippen molar-refractivity contribution >= 4 is 16.7 Å². The van der Waals surface area contributed by atoms with Gasteiger partial charge in [-0.2, -0.15) is 0 Å². The molecule has 96 valence electrons. The van der Waals surface area contributed by atoms with Crippen LogP contribution < -0.4 is 5.32 Å². The molecule has 0 bridgehead atoms. The summed E-state index contributed by atoms with van der Waals surface area (Å²) in [5.41, 5.74) is 3.58. The largest absolute Gasteiger partial charge is 0.384 e. The summed E-state index contributed by atoms with van der Waals surface area (Å²) in [6.07, 6.45) is 1.89. The molecule has 0 aliphatic rings. The standard InChI is InChI=1S/C15H20N2O/c1-4-11-10-13-7-5-6-12(8-9-18-3)14(13)17-15(11)16-2/h5-7,10H,4,8-9H2,1-3H3,(H,16,17). The smallest absolute Gasteiger partial charge is 0.129 e. The number of para-hydroxylation sites is 1. The molecule has 0 amide bonds. The third-order valence-electron chi connectivity index (χ3n) is 3.20. The summed E-state index contributed by atoms with van der Waals surface area (Å²) in [5, 5.41) is 4.39. The van der Waals surface area contributed by atoms with Crippen molar-refractivity contribution in [2.45, 2.75) is 19.8 Å². The van der Waals surface area contributed by atoms with Crippen molar-refractivity contribution in [1.29, 1.82) is 0 Å². The molecule has 1 aromatic carbocycles. The molecule has 0 saturated heterocycles. The fraction of sp³-hybridized carbons (Fsp3) is 0.400. The lowest BCUT2D eigenvalue weighted by Crippen LogP contribution is -2.01. The quantitative estimate of drug-likeness (QED) is 0.878. The van der Waals surface area contributed by atoms with Crippen molar-refractivity contribution < 1.29 is 4.74 Å². The maximum atomic E-state index is 5.15. The topological polar surface area (TPSA) is 34.1 Å². The Morgan fingerprint density at radius 2 is 2.11 bits per heavy atom. The van der Waals surface area contributed by atoms with Crippen molar-refractivity contribution in [2.75, 3.05) is 26.1 Å². The molecule has 0 fully saturated rings. The molecule has 0 unspecified atom stereocenters. The van der Waals surface area contributed by atoms with Gasteiger partial charge in [0.1, 0.15) is 5.82 Å². The van der Waals surface area contributed by atoms with Crippen LogP contribution in [0.2, 0.25) is 0 Å². The predicted molar refractivity (Wildman–Crippen MR) is 76.2 cm³/mol. The highest BCUT2D eigenvalue weighted by Crippen LogP contribution is 2.23. The third kappa shape index (κ3) is 2.46. The number of rotatable bonds is 5. The second-order valence-electron chi connectivity index (χ2n) is 4.33. The molecule has 0 radical (unpaired) electrons. The molecule has 1 N–H and O–H groups in total. The Hall–Kier alpha value is -1.61. The number of benzene rings is 1. The third-order valence-corrected chi connectivity index (χ3v) is 3.20. The van der Waals surface area contributed by atoms with Gasteiger partial charge >= 0.3 is 0 Å². The van der Waals surface area contributed by atoms with E-state index in [-0.39, 0.29) is 0 Å². The van der Waals surface area contributed by atoms with Crippen LogP contribution in [0.5, 0.6) is 0 Å². The first-order valence-corrected chi connectivity index (χ1v) is 6.38. The molecular weight excluding hydrogens is 224 g/mol. The van der Waals surface area contributed by atoms with Crippen LogP contribution in [0, 0.1) is 0 Å². The molecule has 1 aromatic heterocycles. The average molecular weight is 244 g/mol. The van der Waals surface area contributed by atoms with Gasteiger partial charge in [0.25, 0.3) is 0 Å². The summed E-state index contributed by atoms with van der Waals surface area (Å²) in [7, 11) is 3.65. The molecule has 18 heavy (non-hydrogen) atoms. The van der Waals surface area contributed by atoms with E-state index in [1.165, 1.54) is 16.5 Å². The van der Waals surface area contributed by atoms with Gasteiger partial charge in [-0.1, -0.05) is 25.1 Å².